The Morgan fingerprint density at radius 1 is 0.897 bits per heavy atom. The quantitative estimate of drug-likeness (QED) is 0.695. The van der Waals surface area contributed by atoms with Gasteiger partial charge in [0, 0.05) is 24.2 Å². The van der Waals surface area contributed by atoms with E-state index >= 15 is 0 Å². The van der Waals surface area contributed by atoms with Gasteiger partial charge in [-0.1, -0.05) is 54.1 Å². The van der Waals surface area contributed by atoms with Crippen LogP contribution < -0.4 is 10.6 Å². The minimum absolute atomic E-state index is 0.0101. The van der Waals surface area contributed by atoms with Crippen LogP contribution in [0.1, 0.15) is 34.0 Å². The third-order valence-corrected chi connectivity index (χ3v) is 5.34. The molecule has 146 valence electrons. The smallest absolute Gasteiger partial charge is 0.256 e. The molecule has 0 bridgehead atoms. The molecule has 1 aliphatic rings. The SMILES string of the molecule is CC(=O)NC1Cc2ccc(NC(=O)c3ccccc3-c3ccc(C)cc3)cc2C1. The second kappa shape index (κ2) is 7.92. The van der Waals surface area contributed by atoms with Crippen molar-refractivity contribution in [3.8, 4) is 11.1 Å². The summed E-state index contributed by atoms with van der Waals surface area (Å²) in [6, 6.07) is 22.0. The van der Waals surface area contributed by atoms with Crippen molar-refractivity contribution in [3.63, 3.8) is 0 Å². The minimum atomic E-state index is -0.127. The standard InChI is InChI=1S/C25H24N2O2/c1-16-7-9-18(10-8-16)23-5-3-4-6-24(23)25(29)27-21-12-11-19-13-22(26-17(2)28)15-20(19)14-21/h3-12,14,22H,13,15H2,1-2H3,(H,26,28)(H,27,29). The van der Waals surface area contributed by atoms with E-state index in [1.54, 1.807) is 6.92 Å². The predicted molar refractivity (Wildman–Crippen MR) is 116 cm³/mol. The molecule has 0 fully saturated rings. The van der Waals surface area contributed by atoms with Gasteiger partial charge < -0.3 is 10.6 Å². The molecule has 2 N–H and O–H groups in total. The minimum Gasteiger partial charge on any atom is -0.353 e. The molecule has 0 spiro atoms. The second-order valence-electron chi connectivity index (χ2n) is 7.65. The Bertz CT molecular complexity index is 1070. The number of benzene rings is 3. The summed E-state index contributed by atoms with van der Waals surface area (Å²) < 4.78 is 0. The summed E-state index contributed by atoms with van der Waals surface area (Å²) in [5.74, 6) is -0.137. The normalized spacial score (nSPS) is 14.9. The average Bonchev–Trinajstić information content (AvgIpc) is 3.09. The van der Waals surface area contributed by atoms with Crippen LogP contribution in [-0.4, -0.2) is 17.9 Å². The number of hydrogen-bond donors (Lipinski definition) is 2. The van der Waals surface area contributed by atoms with Crippen molar-refractivity contribution in [2.24, 2.45) is 0 Å². The van der Waals surface area contributed by atoms with Crippen LogP contribution in [0.4, 0.5) is 5.69 Å². The van der Waals surface area contributed by atoms with E-state index in [9.17, 15) is 9.59 Å². The number of fused-ring (bicyclic) bond motifs is 1. The lowest BCUT2D eigenvalue weighted by Crippen LogP contribution is -2.33. The molecular formula is C25H24N2O2. The Hall–Kier alpha value is -3.40. The maximum Gasteiger partial charge on any atom is 0.256 e. The lowest BCUT2D eigenvalue weighted by molar-refractivity contribution is -0.119. The Morgan fingerprint density at radius 2 is 1.62 bits per heavy atom. The van der Waals surface area contributed by atoms with Crippen molar-refractivity contribution in [2.45, 2.75) is 32.7 Å². The fraction of sp³-hybridized carbons (Fsp3) is 0.200. The molecule has 0 aromatic heterocycles. The van der Waals surface area contributed by atoms with Crippen LogP contribution >= 0.6 is 0 Å². The highest BCUT2D eigenvalue weighted by molar-refractivity contribution is 6.08. The monoisotopic (exact) mass is 384 g/mol. The van der Waals surface area contributed by atoms with Gasteiger partial charge in [-0.15, -0.1) is 0 Å². The van der Waals surface area contributed by atoms with Gasteiger partial charge in [-0.25, -0.2) is 0 Å². The average molecular weight is 384 g/mol. The summed E-state index contributed by atoms with van der Waals surface area (Å²) >= 11 is 0. The molecule has 3 aromatic rings. The van der Waals surface area contributed by atoms with E-state index in [0.717, 1.165) is 29.7 Å². The Morgan fingerprint density at radius 3 is 2.38 bits per heavy atom. The van der Waals surface area contributed by atoms with E-state index in [-0.39, 0.29) is 17.9 Å². The van der Waals surface area contributed by atoms with E-state index in [4.69, 9.17) is 0 Å². The zero-order valence-electron chi connectivity index (χ0n) is 16.7. The Kier molecular flexibility index (Phi) is 5.17. The van der Waals surface area contributed by atoms with Gasteiger partial charge >= 0.3 is 0 Å². The number of hydrogen-bond acceptors (Lipinski definition) is 2. The van der Waals surface area contributed by atoms with Gasteiger partial charge in [0.2, 0.25) is 5.91 Å². The van der Waals surface area contributed by atoms with Crippen molar-refractivity contribution in [2.75, 3.05) is 5.32 Å². The molecule has 0 aliphatic heterocycles. The molecular weight excluding hydrogens is 360 g/mol. The topological polar surface area (TPSA) is 58.2 Å². The molecule has 4 nitrogen and oxygen atoms in total. The second-order valence-corrected chi connectivity index (χ2v) is 7.65. The maximum absolute atomic E-state index is 13.0. The Labute approximate surface area is 171 Å². The summed E-state index contributed by atoms with van der Waals surface area (Å²) in [6.07, 6.45) is 1.62. The van der Waals surface area contributed by atoms with E-state index in [1.165, 1.54) is 16.7 Å². The third kappa shape index (κ3) is 4.21. The van der Waals surface area contributed by atoms with Crippen molar-refractivity contribution < 1.29 is 9.59 Å². The zero-order valence-corrected chi connectivity index (χ0v) is 16.7. The summed E-state index contributed by atoms with van der Waals surface area (Å²) in [6.45, 7) is 3.59. The molecule has 1 atom stereocenters. The largest absolute Gasteiger partial charge is 0.353 e. The van der Waals surface area contributed by atoms with Gasteiger partial charge in [0.05, 0.1) is 0 Å². The van der Waals surface area contributed by atoms with Crippen LogP contribution in [0.3, 0.4) is 0 Å². The molecule has 2 amide bonds. The summed E-state index contributed by atoms with van der Waals surface area (Å²) in [7, 11) is 0. The first-order valence-electron chi connectivity index (χ1n) is 9.86. The van der Waals surface area contributed by atoms with Gasteiger partial charge in [-0.2, -0.15) is 0 Å². The highest BCUT2D eigenvalue weighted by Crippen LogP contribution is 2.28. The van der Waals surface area contributed by atoms with Crippen LogP contribution in [0.2, 0.25) is 0 Å². The van der Waals surface area contributed by atoms with Crippen molar-refractivity contribution in [1.29, 1.82) is 0 Å². The van der Waals surface area contributed by atoms with Gasteiger partial charge in [0.25, 0.3) is 5.91 Å². The van der Waals surface area contributed by atoms with Crippen molar-refractivity contribution >= 4 is 17.5 Å². The van der Waals surface area contributed by atoms with E-state index in [0.29, 0.717) is 5.56 Å². The van der Waals surface area contributed by atoms with Crippen molar-refractivity contribution in [1.82, 2.24) is 5.32 Å². The third-order valence-electron chi connectivity index (χ3n) is 5.34. The highest BCUT2D eigenvalue weighted by atomic mass is 16.2. The van der Waals surface area contributed by atoms with Crippen LogP contribution in [0, 0.1) is 6.92 Å². The molecule has 0 saturated carbocycles. The predicted octanol–water partition coefficient (Wildman–Crippen LogP) is 4.52. The molecule has 0 heterocycles. The van der Waals surface area contributed by atoms with Gasteiger partial charge in [-0.05, 0) is 60.2 Å². The fourth-order valence-corrected chi connectivity index (χ4v) is 3.95. The molecule has 3 aromatic carbocycles. The van der Waals surface area contributed by atoms with Crippen molar-refractivity contribution in [3.05, 3.63) is 89.0 Å². The van der Waals surface area contributed by atoms with Crippen LogP contribution in [0.5, 0.6) is 0 Å². The number of carbonyl (C=O) groups is 2. The summed E-state index contributed by atoms with van der Waals surface area (Å²) in [5.41, 5.74) is 6.94. The molecule has 4 rings (SSSR count). The molecule has 0 saturated heterocycles. The number of aryl methyl sites for hydroxylation is 1. The number of rotatable bonds is 4. The fourth-order valence-electron chi connectivity index (χ4n) is 3.95. The van der Waals surface area contributed by atoms with Gasteiger partial charge in [0.1, 0.15) is 0 Å². The molecule has 4 heteroatoms. The Balaban J connectivity index is 1.54. The van der Waals surface area contributed by atoms with E-state index in [1.807, 2.05) is 61.5 Å². The molecule has 1 aliphatic carbocycles. The summed E-state index contributed by atoms with van der Waals surface area (Å²) in [4.78, 5) is 24.3. The van der Waals surface area contributed by atoms with E-state index < -0.39 is 0 Å². The number of amides is 2. The van der Waals surface area contributed by atoms with Crippen LogP contribution in [0.25, 0.3) is 11.1 Å². The number of anilines is 1. The molecule has 0 radical (unpaired) electrons. The van der Waals surface area contributed by atoms with Gasteiger partial charge in [-0.3, -0.25) is 9.59 Å². The first-order chi connectivity index (χ1) is 14.0. The zero-order chi connectivity index (χ0) is 20.4. The van der Waals surface area contributed by atoms with Gasteiger partial charge in [0.15, 0.2) is 0 Å². The first-order valence-corrected chi connectivity index (χ1v) is 9.86. The lowest BCUT2D eigenvalue weighted by atomic mass is 9.98. The number of nitrogens with one attached hydrogen (secondary N) is 2. The number of carbonyl (C=O) groups excluding carboxylic acids is 2. The first kappa shape index (κ1) is 18.9. The van der Waals surface area contributed by atoms with Crippen LogP contribution in [0.15, 0.2) is 66.7 Å². The lowest BCUT2D eigenvalue weighted by Gasteiger charge is -2.12. The highest BCUT2D eigenvalue weighted by Gasteiger charge is 2.22. The summed E-state index contributed by atoms with van der Waals surface area (Å²) in [5, 5.41) is 6.02. The maximum atomic E-state index is 13.0. The van der Waals surface area contributed by atoms with Crippen LogP contribution in [-0.2, 0) is 17.6 Å². The molecule has 29 heavy (non-hydrogen) atoms. The van der Waals surface area contributed by atoms with E-state index in [2.05, 4.69) is 22.8 Å². The molecule has 1 unspecified atom stereocenters.